The van der Waals surface area contributed by atoms with Gasteiger partial charge in [0.15, 0.2) is 5.11 Å². The van der Waals surface area contributed by atoms with Crippen LogP contribution in [-0.2, 0) is 11.3 Å². The van der Waals surface area contributed by atoms with Crippen molar-refractivity contribution < 1.29 is 13.5 Å². The van der Waals surface area contributed by atoms with Crippen LogP contribution in [0.3, 0.4) is 0 Å². The van der Waals surface area contributed by atoms with E-state index in [0.29, 0.717) is 17.3 Å². The van der Waals surface area contributed by atoms with Gasteiger partial charge in [-0.2, -0.15) is 0 Å². The number of hydrogen-bond acceptors (Lipinski definition) is 4. The number of morpholine rings is 1. The third-order valence-electron chi connectivity index (χ3n) is 4.39. The molecular formula is C19H23ClFN3O2S. The molecule has 1 fully saturated rings. The number of benzene rings is 1. The maximum Gasteiger partial charge on any atom is 0.173 e. The number of thiocarbonyl (C=S) groups is 1. The summed E-state index contributed by atoms with van der Waals surface area (Å²) in [5, 5.41) is 3.75. The molecule has 0 spiro atoms. The van der Waals surface area contributed by atoms with E-state index in [2.05, 4.69) is 10.2 Å². The van der Waals surface area contributed by atoms with Crippen LogP contribution in [0, 0.1) is 12.7 Å². The second-order valence-corrected chi connectivity index (χ2v) is 7.24. The molecule has 146 valence electrons. The molecule has 3 rings (SSSR count). The smallest absolute Gasteiger partial charge is 0.173 e. The Morgan fingerprint density at radius 3 is 2.74 bits per heavy atom. The maximum absolute atomic E-state index is 13.4. The minimum Gasteiger partial charge on any atom is -0.464 e. The summed E-state index contributed by atoms with van der Waals surface area (Å²) in [6.45, 7) is 7.43. The van der Waals surface area contributed by atoms with Crippen molar-refractivity contribution >= 4 is 34.6 Å². The van der Waals surface area contributed by atoms with Crippen LogP contribution in [0.25, 0.3) is 0 Å². The summed E-state index contributed by atoms with van der Waals surface area (Å²) < 4.78 is 24.5. The van der Waals surface area contributed by atoms with Gasteiger partial charge in [-0.1, -0.05) is 11.6 Å². The van der Waals surface area contributed by atoms with Crippen LogP contribution < -0.4 is 5.32 Å². The van der Waals surface area contributed by atoms with Crippen molar-refractivity contribution in [3.05, 3.63) is 52.7 Å². The maximum atomic E-state index is 13.4. The van der Waals surface area contributed by atoms with Gasteiger partial charge in [-0.05, 0) is 49.5 Å². The van der Waals surface area contributed by atoms with E-state index in [4.69, 9.17) is 33.0 Å². The van der Waals surface area contributed by atoms with E-state index in [-0.39, 0.29) is 5.02 Å². The lowest BCUT2D eigenvalue weighted by atomic mass is 10.3. The van der Waals surface area contributed by atoms with E-state index in [0.717, 1.165) is 50.9 Å². The summed E-state index contributed by atoms with van der Waals surface area (Å²) in [5.74, 6) is 1.25. The Labute approximate surface area is 169 Å². The highest BCUT2D eigenvalue weighted by atomic mass is 35.5. The number of rotatable bonds is 6. The highest BCUT2D eigenvalue weighted by molar-refractivity contribution is 7.80. The fraction of sp³-hybridized carbons (Fsp3) is 0.421. The highest BCUT2D eigenvalue weighted by Crippen LogP contribution is 2.20. The molecule has 2 aromatic rings. The molecule has 1 aromatic heterocycles. The molecule has 1 aliphatic rings. The van der Waals surface area contributed by atoms with Crippen molar-refractivity contribution in [2.75, 3.05) is 44.7 Å². The Morgan fingerprint density at radius 1 is 1.30 bits per heavy atom. The molecule has 27 heavy (non-hydrogen) atoms. The highest BCUT2D eigenvalue weighted by Gasteiger charge is 2.16. The third kappa shape index (κ3) is 5.90. The third-order valence-corrected chi connectivity index (χ3v) is 5.04. The van der Waals surface area contributed by atoms with E-state index >= 15 is 0 Å². The fourth-order valence-corrected chi connectivity index (χ4v) is 3.33. The van der Waals surface area contributed by atoms with Gasteiger partial charge in [0.2, 0.25) is 0 Å². The molecule has 1 N–H and O–H groups in total. The largest absolute Gasteiger partial charge is 0.464 e. The molecule has 5 nitrogen and oxygen atoms in total. The van der Waals surface area contributed by atoms with Crippen LogP contribution in [0.2, 0.25) is 5.02 Å². The van der Waals surface area contributed by atoms with Crippen molar-refractivity contribution in [3.63, 3.8) is 0 Å². The SMILES string of the molecule is Cc1ccc(CN(CCN2CCOCC2)C(=S)Nc2ccc(F)c(Cl)c2)o1. The minimum atomic E-state index is -0.455. The molecule has 0 aliphatic carbocycles. The predicted octanol–water partition coefficient (Wildman–Crippen LogP) is 3.91. The van der Waals surface area contributed by atoms with Crippen LogP contribution in [0.1, 0.15) is 11.5 Å². The van der Waals surface area contributed by atoms with Gasteiger partial charge in [0.1, 0.15) is 17.3 Å². The van der Waals surface area contributed by atoms with Gasteiger partial charge in [-0.15, -0.1) is 0 Å². The quantitative estimate of drug-likeness (QED) is 0.727. The lowest BCUT2D eigenvalue weighted by molar-refractivity contribution is 0.0356. The first-order valence-electron chi connectivity index (χ1n) is 8.87. The summed E-state index contributed by atoms with van der Waals surface area (Å²) in [5.41, 5.74) is 0.651. The molecule has 0 amide bonds. The Bertz CT molecular complexity index is 780. The average molecular weight is 412 g/mol. The molecule has 8 heteroatoms. The monoisotopic (exact) mass is 411 g/mol. The second kappa shape index (κ2) is 9.50. The molecule has 1 aromatic carbocycles. The van der Waals surface area contributed by atoms with Gasteiger partial charge in [0.05, 0.1) is 24.8 Å². The van der Waals surface area contributed by atoms with Crippen LogP contribution in [0.5, 0.6) is 0 Å². The molecule has 1 saturated heterocycles. The molecule has 0 unspecified atom stereocenters. The Balaban J connectivity index is 1.66. The Morgan fingerprint density at radius 2 is 2.07 bits per heavy atom. The number of nitrogens with zero attached hydrogens (tertiary/aromatic N) is 2. The lowest BCUT2D eigenvalue weighted by Crippen LogP contribution is -2.43. The molecule has 0 radical (unpaired) electrons. The van der Waals surface area contributed by atoms with Gasteiger partial charge in [0, 0.05) is 31.9 Å². The topological polar surface area (TPSA) is 40.9 Å². The zero-order valence-electron chi connectivity index (χ0n) is 15.2. The van der Waals surface area contributed by atoms with Gasteiger partial charge in [0.25, 0.3) is 0 Å². The molecule has 0 saturated carbocycles. The first-order chi connectivity index (χ1) is 13.0. The Hall–Kier alpha value is -1.67. The van der Waals surface area contributed by atoms with E-state index in [1.807, 2.05) is 24.0 Å². The molecule has 0 atom stereocenters. The van der Waals surface area contributed by atoms with Crippen molar-refractivity contribution in [2.24, 2.45) is 0 Å². The average Bonchev–Trinajstić information content (AvgIpc) is 3.07. The van der Waals surface area contributed by atoms with Crippen molar-refractivity contribution in [1.29, 1.82) is 0 Å². The number of hydrogen-bond donors (Lipinski definition) is 1. The number of aryl methyl sites for hydroxylation is 1. The normalized spacial score (nSPS) is 14.9. The predicted molar refractivity (Wildman–Crippen MR) is 109 cm³/mol. The lowest BCUT2D eigenvalue weighted by Gasteiger charge is -2.31. The first-order valence-corrected chi connectivity index (χ1v) is 9.66. The Kier molecular flexibility index (Phi) is 7.07. The van der Waals surface area contributed by atoms with Gasteiger partial charge in [-0.3, -0.25) is 4.90 Å². The number of halogens is 2. The standard InChI is InChI=1S/C19H23ClFN3O2S/c1-14-2-4-16(26-14)13-24(7-6-23-8-10-25-11-9-23)19(27)22-15-3-5-18(21)17(20)12-15/h2-5,12H,6-11,13H2,1H3,(H,22,27). The summed E-state index contributed by atoms with van der Waals surface area (Å²) in [7, 11) is 0. The van der Waals surface area contributed by atoms with Crippen LogP contribution in [0.4, 0.5) is 10.1 Å². The molecular weight excluding hydrogens is 389 g/mol. The first kappa shape index (κ1) is 20.1. The number of furan rings is 1. The summed E-state index contributed by atoms with van der Waals surface area (Å²) in [6, 6.07) is 8.35. The van der Waals surface area contributed by atoms with E-state index < -0.39 is 5.82 Å². The minimum absolute atomic E-state index is 0.0596. The second-order valence-electron chi connectivity index (χ2n) is 6.45. The van der Waals surface area contributed by atoms with Crippen molar-refractivity contribution in [3.8, 4) is 0 Å². The van der Waals surface area contributed by atoms with Crippen LogP contribution in [-0.4, -0.2) is 54.3 Å². The molecule has 2 heterocycles. The molecule has 0 bridgehead atoms. The van der Waals surface area contributed by atoms with E-state index in [9.17, 15) is 4.39 Å². The van der Waals surface area contributed by atoms with E-state index in [1.54, 1.807) is 6.07 Å². The number of nitrogens with one attached hydrogen (secondary N) is 1. The number of ether oxygens (including phenoxy) is 1. The van der Waals surface area contributed by atoms with Crippen molar-refractivity contribution in [2.45, 2.75) is 13.5 Å². The van der Waals surface area contributed by atoms with Crippen LogP contribution >= 0.6 is 23.8 Å². The zero-order chi connectivity index (χ0) is 19.2. The van der Waals surface area contributed by atoms with Gasteiger partial charge < -0.3 is 19.4 Å². The van der Waals surface area contributed by atoms with Gasteiger partial charge >= 0.3 is 0 Å². The summed E-state index contributed by atoms with van der Waals surface area (Å²) in [4.78, 5) is 4.39. The van der Waals surface area contributed by atoms with Crippen molar-refractivity contribution in [1.82, 2.24) is 9.80 Å². The zero-order valence-corrected chi connectivity index (χ0v) is 16.8. The van der Waals surface area contributed by atoms with Crippen LogP contribution in [0.15, 0.2) is 34.7 Å². The summed E-state index contributed by atoms with van der Waals surface area (Å²) >= 11 is 11.5. The van der Waals surface area contributed by atoms with E-state index in [1.165, 1.54) is 12.1 Å². The van der Waals surface area contributed by atoms with Gasteiger partial charge in [-0.25, -0.2) is 4.39 Å². The summed E-state index contributed by atoms with van der Waals surface area (Å²) in [6.07, 6.45) is 0. The fourth-order valence-electron chi connectivity index (χ4n) is 2.87. The number of anilines is 1. The molecule has 1 aliphatic heterocycles.